The van der Waals surface area contributed by atoms with Crippen molar-refractivity contribution in [1.29, 1.82) is 0 Å². The van der Waals surface area contributed by atoms with E-state index in [2.05, 4.69) is 9.97 Å². The number of benzene rings is 1. The van der Waals surface area contributed by atoms with Crippen molar-refractivity contribution in [2.75, 3.05) is 0 Å². The van der Waals surface area contributed by atoms with E-state index in [4.69, 9.17) is 0 Å². The molecule has 0 saturated carbocycles. The van der Waals surface area contributed by atoms with Gasteiger partial charge in [-0.3, -0.25) is 4.79 Å². The molecule has 9 heteroatoms. The van der Waals surface area contributed by atoms with E-state index in [-0.39, 0.29) is 17.1 Å². The molecule has 0 saturated heterocycles. The first-order chi connectivity index (χ1) is 15.9. The molecule has 4 rings (SSSR count). The smallest absolute Gasteiger partial charge is 0.418 e. The number of carbonyl (C=O) groups excluding carboxylic acids is 1. The van der Waals surface area contributed by atoms with Crippen LogP contribution in [-0.4, -0.2) is 42.3 Å². The molecular formula is C25H26F3N3O3. The number of Topliss-reactive ketones (excluding diaryl/α,β-unsaturated/α-hetero) is 1. The number of aliphatic hydroxyl groups is 1. The Hall–Kier alpha value is -3.20. The van der Waals surface area contributed by atoms with Crippen LogP contribution in [0.2, 0.25) is 0 Å². The van der Waals surface area contributed by atoms with Crippen molar-refractivity contribution in [3.63, 3.8) is 0 Å². The molecule has 2 heterocycles. The highest BCUT2D eigenvalue weighted by Gasteiger charge is 2.56. The van der Waals surface area contributed by atoms with Crippen LogP contribution >= 0.6 is 0 Å². The lowest BCUT2D eigenvalue weighted by molar-refractivity contribution is -0.271. The highest BCUT2D eigenvalue weighted by molar-refractivity contribution is 5.98. The van der Waals surface area contributed by atoms with E-state index >= 15 is 0 Å². The molecule has 2 N–H and O–H groups in total. The maximum absolute atomic E-state index is 14.3. The van der Waals surface area contributed by atoms with Crippen LogP contribution in [0.1, 0.15) is 54.7 Å². The Kier molecular flexibility index (Phi) is 6.01. The fraction of sp³-hybridized carbons (Fsp3) is 0.400. The number of hydrogen-bond acceptors (Lipinski definition) is 5. The summed E-state index contributed by atoms with van der Waals surface area (Å²) < 4.78 is 44.2. The molecule has 1 aliphatic carbocycles. The molecule has 1 aromatic carbocycles. The van der Waals surface area contributed by atoms with Crippen molar-refractivity contribution in [3.05, 3.63) is 66.0 Å². The van der Waals surface area contributed by atoms with Gasteiger partial charge in [0.15, 0.2) is 11.4 Å². The summed E-state index contributed by atoms with van der Waals surface area (Å²) >= 11 is 0. The van der Waals surface area contributed by atoms with Crippen LogP contribution < -0.4 is 0 Å². The number of carbonyl (C=O) groups is 1. The number of aromatic hydroxyl groups is 1. The minimum Gasteiger partial charge on any atom is -0.508 e. The maximum Gasteiger partial charge on any atom is 0.418 e. The van der Waals surface area contributed by atoms with E-state index in [1.54, 1.807) is 38.4 Å². The Morgan fingerprint density at radius 2 is 1.76 bits per heavy atom. The standard InChI is InChI=1S/C25H26F3N3O3/c1-23(2,19-10-16(6-7-22(19)33)17-11-29-15-30-12-17)13-24(34,25(26,27)28)14-31-9-8-18-20(31)4-3-5-21(18)32/h6-12,15,33-34H,3-5,13-14H2,1-2H3. The minimum absolute atomic E-state index is 0.0949. The van der Waals surface area contributed by atoms with Gasteiger partial charge in [0.1, 0.15) is 12.1 Å². The van der Waals surface area contributed by atoms with Gasteiger partial charge >= 0.3 is 6.18 Å². The number of ketones is 1. The molecule has 6 nitrogen and oxygen atoms in total. The van der Waals surface area contributed by atoms with Gasteiger partial charge in [-0.15, -0.1) is 0 Å². The zero-order valence-corrected chi connectivity index (χ0v) is 18.9. The number of phenolic OH excluding ortho intramolecular Hbond substituents is 1. The van der Waals surface area contributed by atoms with E-state index in [9.17, 15) is 28.2 Å². The molecule has 1 unspecified atom stereocenters. The molecule has 34 heavy (non-hydrogen) atoms. The summed E-state index contributed by atoms with van der Waals surface area (Å²) in [4.78, 5) is 20.0. The molecule has 0 spiro atoms. The summed E-state index contributed by atoms with van der Waals surface area (Å²) in [6.07, 6.45) is 1.71. The van der Waals surface area contributed by atoms with Gasteiger partial charge in [-0.25, -0.2) is 9.97 Å². The molecule has 0 aliphatic heterocycles. The SMILES string of the molecule is CC(C)(CC(O)(Cn1ccc2c1CCCC2=O)C(F)(F)F)c1cc(-c2cncnc2)ccc1O. The molecule has 0 fully saturated rings. The number of phenols is 1. The Balaban J connectivity index is 1.70. The lowest BCUT2D eigenvalue weighted by Crippen LogP contribution is -2.52. The lowest BCUT2D eigenvalue weighted by atomic mass is 9.74. The van der Waals surface area contributed by atoms with Gasteiger partial charge in [-0.1, -0.05) is 19.9 Å². The summed E-state index contributed by atoms with van der Waals surface area (Å²) in [6.45, 7) is 2.37. The maximum atomic E-state index is 14.3. The van der Waals surface area contributed by atoms with E-state index in [1.807, 2.05) is 0 Å². The van der Waals surface area contributed by atoms with Crippen LogP contribution in [0.5, 0.6) is 5.75 Å². The summed E-state index contributed by atoms with van der Waals surface area (Å²) in [6, 6.07) is 6.17. The van der Waals surface area contributed by atoms with Crippen LogP contribution in [-0.2, 0) is 18.4 Å². The average molecular weight is 473 g/mol. The first-order valence-corrected chi connectivity index (χ1v) is 11.0. The highest BCUT2D eigenvalue weighted by Crippen LogP contribution is 2.45. The predicted molar refractivity (Wildman–Crippen MR) is 119 cm³/mol. The number of halogens is 3. The Morgan fingerprint density at radius 1 is 1.06 bits per heavy atom. The minimum atomic E-state index is -4.94. The predicted octanol–water partition coefficient (Wildman–Crippen LogP) is 4.83. The van der Waals surface area contributed by atoms with Gasteiger partial charge in [0, 0.05) is 47.4 Å². The van der Waals surface area contributed by atoms with Crippen molar-refractivity contribution in [2.24, 2.45) is 0 Å². The third-order valence-corrected chi connectivity index (χ3v) is 6.51. The van der Waals surface area contributed by atoms with Crippen LogP contribution in [0.4, 0.5) is 13.2 Å². The van der Waals surface area contributed by atoms with Gasteiger partial charge < -0.3 is 14.8 Å². The van der Waals surface area contributed by atoms with Gasteiger partial charge in [0.25, 0.3) is 0 Å². The molecule has 3 aromatic rings. The van der Waals surface area contributed by atoms with E-state index in [0.717, 1.165) is 0 Å². The first kappa shape index (κ1) is 23.9. The fourth-order valence-electron chi connectivity index (χ4n) is 4.80. The molecule has 2 aromatic heterocycles. The molecular weight excluding hydrogens is 447 g/mol. The third-order valence-electron chi connectivity index (χ3n) is 6.51. The first-order valence-electron chi connectivity index (χ1n) is 11.0. The molecule has 180 valence electrons. The van der Waals surface area contributed by atoms with Crippen molar-refractivity contribution in [3.8, 4) is 16.9 Å². The monoisotopic (exact) mass is 473 g/mol. The summed E-state index contributed by atoms with van der Waals surface area (Å²) in [5.41, 5.74) is -1.87. The van der Waals surface area contributed by atoms with Gasteiger partial charge in [0.2, 0.25) is 0 Å². The third kappa shape index (κ3) is 4.44. The largest absolute Gasteiger partial charge is 0.508 e. The number of nitrogens with zero attached hydrogens (tertiary/aromatic N) is 3. The fourth-order valence-corrected chi connectivity index (χ4v) is 4.80. The summed E-state index contributed by atoms with van der Waals surface area (Å²) in [5.74, 6) is -0.262. The molecule has 1 aliphatic rings. The molecule has 0 amide bonds. The van der Waals surface area contributed by atoms with Gasteiger partial charge in [0.05, 0.1) is 6.54 Å². The van der Waals surface area contributed by atoms with E-state index < -0.39 is 30.2 Å². The zero-order chi connectivity index (χ0) is 24.7. The molecule has 0 bridgehead atoms. The van der Waals surface area contributed by atoms with Crippen molar-refractivity contribution in [1.82, 2.24) is 14.5 Å². The van der Waals surface area contributed by atoms with Crippen LogP contribution in [0.3, 0.4) is 0 Å². The Bertz CT molecular complexity index is 1210. The number of fused-ring (bicyclic) bond motifs is 1. The Labute approximate surface area is 195 Å². The molecule has 1 atom stereocenters. The lowest BCUT2D eigenvalue weighted by Gasteiger charge is -2.39. The van der Waals surface area contributed by atoms with Crippen molar-refractivity contribution < 1.29 is 28.2 Å². The number of hydrogen-bond donors (Lipinski definition) is 2. The van der Waals surface area contributed by atoms with Crippen LogP contribution in [0.15, 0.2) is 49.2 Å². The van der Waals surface area contributed by atoms with Gasteiger partial charge in [-0.05, 0) is 48.4 Å². The second kappa shape index (κ2) is 8.54. The quantitative estimate of drug-likeness (QED) is 0.535. The van der Waals surface area contributed by atoms with Crippen LogP contribution in [0.25, 0.3) is 11.1 Å². The van der Waals surface area contributed by atoms with Gasteiger partial charge in [-0.2, -0.15) is 13.2 Å². The summed E-state index contributed by atoms with van der Waals surface area (Å²) in [5, 5.41) is 21.6. The van der Waals surface area contributed by atoms with Crippen molar-refractivity contribution >= 4 is 5.78 Å². The number of rotatable bonds is 6. The van der Waals surface area contributed by atoms with E-state index in [0.29, 0.717) is 41.6 Å². The summed E-state index contributed by atoms with van der Waals surface area (Å²) in [7, 11) is 0. The number of alkyl halides is 3. The normalized spacial score (nSPS) is 16.2. The average Bonchev–Trinajstić information content (AvgIpc) is 3.17. The second-order valence-corrected chi connectivity index (χ2v) is 9.53. The highest BCUT2D eigenvalue weighted by atomic mass is 19.4. The van der Waals surface area contributed by atoms with E-state index in [1.165, 1.54) is 29.2 Å². The second-order valence-electron chi connectivity index (χ2n) is 9.53. The number of aromatic nitrogens is 3. The zero-order valence-electron chi connectivity index (χ0n) is 18.9. The molecule has 0 radical (unpaired) electrons. The Morgan fingerprint density at radius 3 is 2.44 bits per heavy atom. The van der Waals surface area contributed by atoms with Crippen molar-refractivity contribution in [2.45, 2.75) is 63.3 Å². The van der Waals surface area contributed by atoms with Crippen LogP contribution in [0, 0.1) is 0 Å². The topological polar surface area (TPSA) is 88.2 Å².